The number of rotatable bonds is 4. The molecule has 1 aliphatic heterocycles. The number of nitrogens with one attached hydrogen (secondary N) is 1. The summed E-state index contributed by atoms with van der Waals surface area (Å²) in [5.74, 6) is -1.03. The van der Waals surface area contributed by atoms with Crippen LogP contribution in [0.15, 0.2) is 43.0 Å². The molecule has 0 saturated carbocycles. The first-order valence-electron chi connectivity index (χ1n) is 7.27. The molecule has 1 aromatic carbocycles. The number of hydrogen-bond donors (Lipinski definition) is 1. The Labute approximate surface area is 130 Å². The Morgan fingerprint density at radius 3 is 2.59 bits per heavy atom. The first-order chi connectivity index (χ1) is 10.3. The lowest BCUT2D eigenvalue weighted by Crippen LogP contribution is -2.52. The SMILES string of the molecule is C=CC(=O)N1CCC(F)(C(=O)NC(C)(C)c2ccccc2)C1. The molecule has 1 aromatic rings. The van der Waals surface area contributed by atoms with E-state index in [1.807, 2.05) is 44.2 Å². The van der Waals surface area contributed by atoms with Crippen LogP contribution in [0.2, 0.25) is 0 Å². The number of halogens is 1. The molecule has 1 fully saturated rings. The maximum Gasteiger partial charge on any atom is 0.260 e. The Morgan fingerprint density at radius 2 is 2.00 bits per heavy atom. The lowest BCUT2D eigenvalue weighted by Gasteiger charge is -2.30. The van der Waals surface area contributed by atoms with Crippen molar-refractivity contribution in [3.05, 3.63) is 48.6 Å². The van der Waals surface area contributed by atoms with Crippen molar-refractivity contribution in [1.82, 2.24) is 10.2 Å². The lowest BCUT2D eigenvalue weighted by atomic mass is 9.92. The molecule has 0 spiro atoms. The number of nitrogens with zero attached hydrogens (tertiary/aromatic N) is 1. The molecule has 1 unspecified atom stereocenters. The summed E-state index contributed by atoms with van der Waals surface area (Å²) in [5.41, 5.74) is -1.85. The van der Waals surface area contributed by atoms with Crippen molar-refractivity contribution < 1.29 is 14.0 Å². The number of alkyl halides is 1. The van der Waals surface area contributed by atoms with Crippen molar-refractivity contribution in [2.45, 2.75) is 31.5 Å². The molecule has 0 radical (unpaired) electrons. The molecule has 0 aromatic heterocycles. The van der Waals surface area contributed by atoms with Gasteiger partial charge in [0.1, 0.15) is 0 Å². The van der Waals surface area contributed by atoms with Gasteiger partial charge in [-0.25, -0.2) is 4.39 Å². The monoisotopic (exact) mass is 304 g/mol. The van der Waals surface area contributed by atoms with E-state index in [4.69, 9.17) is 0 Å². The summed E-state index contributed by atoms with van der Waals surface area (Å²) in [6.07, 6.45) is 1.14. The van der Waals surface area contributed by atoms with E-state index >= 15 is 0 Å². The van der Waals surface area contributed by atoms with E-state index in [9.17, 15) is 14.0 Å². The van der Waals surface area contributed by atoms with E-state index in [1.165, 1.54) is 4.90 Å². The zero-order chi connectivity index (χ0) is 16.4. The van der Waals surface area contributed by atoms with E-state index in [0.29, 0.717) is 0 Å². The Bertz CT molecular complexity index is 586. The van der Waals surface area contributed by atoms with Crippen LogP contribution >= 0.6 is 0 Å². The van der Waals surface area contributed by atoms with E-state index < -0.39 is 17.1 Å². The highest BCUT2D eigenvalue weighted by Crippen LogP contribution is 2.28. The summed E-state index contributed by atoms with van der Waals surface area (Å²) in [6.45, 7) is 7.03. The van der Waals surface area contributed by atoms with Gasteiger partial charge in [-0.2, -0.15) is 0 Å². The minimum Gasteiger partial charge on any atom is -0.344 e. The summed E-state index contributed by atoms with van der Waals surface area (Å²) in [6, 6.07) is 9.39. The van der Waals surface area contributed by atoms with Gasteiger partial charge in [0, 0.05) is 13.0 Å². The third-order valence-corrected chi connectivity index (χ3v) is 4.03. The van der Waals surface area contributed by atoms with Gasteiger partial charge in [-0.1, -0.05) is 36.9 Å². The van der Waals surface area contributed by atoms with Crippen LogP contribution in [0.4, 0.5) is 4.39 Å². The van der Waals surface area contributed by atoms with Gasteiger partial charge in [-0.05, 0) is 25.5 Å². The molecular formula is C17H21FN2O2. The molecule has 118 valence electrons. The van der Waals surface area contributed by atoms with Crippen molar-refractivity contribution in [3.63, 3.8) is 0 Å². The van der Waals surface area contributed by atoms with Crippen LogP contribution in [-0.4, -0.2) is 35.5 Å². The number of hydrogen-bond acceptors (Lipinski definition) is 2. The smallest absolute Gasteiger partial charge is 0.260 e. The minimum atomic E-state index is -2.05. The highest BCUT2D eigenvalue weighted by Gasteiger charge is 2.47. The molecule has 1 aliphatic rings. The third-order valence-electron chi connectivity index (χ3n) is 4.03. The van der Waals surface area contributed by atoms with Gasteiger partial charge in [0.2, 0.25) is 11.6 Å². The molecular weight excluding hydrogens is 283 g/mol. The van der Waals surface area contributed by atoms with Crippen LogP contribution in [0.1, 0.15) is 25.8 Å². The Morgan fingerprint density at radius 1 is 1.36 bits per heavy atom. The van der Waals surface area contributed by atoms with Gasteiger partial charge in [0.25, 0.3) is 5.91 Å². The molecule has 1 heterocycles. The predicted molar refractivity (Wildman–Crippen MR) is 82.8 cm³/mol. The van der Waals surface area contributed by atoms with Gasteiger partial charge in [0.05, 0.1) is 12.1 Å². The molecule has 1 N–H and O–H groups in total. The lowest BCUT2D eigenvalue weighted by molar-refractivity contribution is -0.134. The maximum absolute atomic E-state index is 14.9. The standard InChI is InChI=1S/C17H21FN2O2/c1-4-14(21)20-11-10-17(18,12-20)15(22)19-16(2,3)13-8-6-5-7-9-13/h4-9H,1,10-12H2,2-3H3,(H,19,22). The van der Waals surface area contributed by atoms with Crippen LogP contribution in [0, 0.1) is 0 Å². The number of likely N-dealkylation sites (tertiary alicyclic amines) is 1. The Kier molecular flexibility index (Phi) is 4.35. The normalized spacial score (nSPS) is 21.5. The third kappa shape index (κ3) is 3.18. The first kappa shape index (κ1) is 16.2. The van der Waals surface area contributed by atoms with Crippen molar-refractivity contribution in [2.75, 3.05) is 13.1 Å². The second-order valence-corrected chi connectivity index (χ2v) is 6.12. The van der Waals surface area contributed by atoms with E-state index in [1.54, 1.807) is 0 Å². The summed E-state index contributed by atoms with van der Waals surface area (Å²) in [7, 11) is 0. The van der Waals surface area contributed by atoms with Crippen LogP contribution < -0.4 is 5.32 Å². The molecule has 22 heavy (non-hydrogen) atoms. The average molecular weight is 304 g/mol. The second kappa shape index (κ2) is 5.91. The van der Waals surface area contributed by atoms with Crippen LogP contribution in [0.5, 0.6) is 0 Å². The van der Waals surface area contributed by atoms with E-state index in [2.05, 4.69) is 11.9 Å². The molecule has 2 rings (SSSR count). The van der Waals surface area contributed by atoms with Gasteiger partial charge in [-0.15, -0.1) is 0 Å². The Balaban J connectivity index is 2.09. The number of amides is 2. The quantitative estimate of drug-likeness (QED) is 0.867. The molecule has 2 amide bonds. The summed E-state index contributed by atoms with van der Waals surface area (Å²) in [5, 5.41) is 2.75. The van der Waals surface area contributed by atoms with Crippen molar-refractivity contribution in [1.29, 1.82) is 0 Å². The molecule has 1 saturated heterocycles. The van der Waals surface area contributed by atoms with Crippen LogP contribution in [0.25, 0.3) is 0 Å². The Hall–Kier alpha value is -2.17. The number of benzene rings is 1. The fourth-order valence-electron chi connectivity index (χ4n) is 2.60. The minimum absolute atomic E-state index is 0.00326. The number of carbonyl (C=O) groups is 2. The summed E-state index contributed by atoms with van der Waals surface area (Å²) in [4.78, 5) is 25.2. The van der Waals surface area contributed by atoms with Gasteiger partial charge in [0.15, 0.2) is 0 Å². The highest BCUT2D eigenvalue weighted by atomic mass is 19.1. The van der Waals surface area contributed by atoms with Crippen LogP contribution in [-0.2, 0) is 15.1 Å². The second-order valence-electron chi connectivity index (χ2n) is 6.12. The zero-order valence-electron chi connectivity index (χ0n) is 12.9. The summed E-state index contributed by atoms with van der Waals surface area (Å²) < 4.78 is 14.9. The fourth-order valence-corrected chi connectivity index (χ4v) is 2.60. The van der Waals surface area contributed by atoms with Gasteiger partial charge in [-0.3, -0.25) is 9.59 Å². The van der Waals surface area contributed by atoms with Crippen LogP contribution in [0.3, 0.4) is 0 Å². The number of carbonyl (C=O) groups excluding carboxylic acids is 2. The fraction of sp³-hybridized carbons (Fsp3) is 0.412. The van der Waals surface area contributed by atoms with Gasteiger partial charge >= 0.3 is 0 Å². The van der Waals surface area contributed by atoms with Crippen molar-refractivity contribution in [2.24, 2.45) is 0 Å². The maximum atomic E-state index is 14.9. The van der Waals surface area contributed by atoms with Gasteiger partial charge < -0.3 is 10.2 Å². The van der Waals surface area contributed by atoms with E-state index in [-0.39, 0.29) is 25.4 Å². The molecule has 0 bridgehead atoms. The predicted octanol–water partition coefficient (Wildman–Crippen LogP) is 2.16. The topological polar surface area (TPSA) is 49.4 Å². The molecule has 1 atom stereocenters. The zero-order valence-corrected chi connectivity index (χ0v) is 12.9. The molecule has 4 nitrogen and oxygen atoms in total. The molecule has 0 aliphatic carbocycles. The van der Waals surface area contributed by atoms with Crippen molar-refractivity contribution in [3.8, 4) is 0 Å². The highest BCUT2D eigenvalue weighted by molar-refractivity contribution is 5.91. The average Bonchev–Trinajstić information content (AvgIpc) is 2.91. The summed E-state index contributed by atoms with van der Waals surface area (Å²) >= 11 is 0. The van der Waals surface area contributed by atoms with Crippen molar-refractivity contribution >= 4 is 11.8 Å². The molecule has 5 heteroatoms. The first-order valence-corrected chi connectivity index (χ1v) is 7.27. The largest absolute Gasteiger partial charge is 0.344 e. The van der Waals surface area contributed by atoms with E-state index in [0.717, 1.165) is 11.6 Å².